The summed E-state index contributed by atoms with van der Waals surface area (Å²) in [5.41, 5.74) is 0. The Kier molecular flexibility index (Phi) is 3.60. The molecule has 0 bridgehead atoms. The number of rotatable bonds is 3. The SMILES string of the molecule is N#CCCC(Cl)(Cl)C=O. The Bertz CT molecular complexity index is 138. The van der Waals surface area contributed by atoms with Crippen molar-refractivity contribution < 1.29 is 4.79 Å². The van der Waals surface area contributed by atoms with E-state index in [2.05, 4.69) is 0 Å². The zero-order valence-corrected chi connectivity index (χ0v) is 6.11. The first-order chi connectivity index (χ1) is 4.12. The van der Waals surface area contributed by atoms with Gasteiger partial charge in [0.2, 0.25) is 0 Å². The van der Waals surface area contributed by atoms with Crippen LogP contribution >= 0.6 is 23.2 Å². The fourth-order valence-corrected chi connectivity index (χ4v) is 0.470. The summed E-state index contributed by atoms with van der Waals surface area (Å²) in [5.74, 6) is 0. The molecule has 0 rings (SSSR count). The number of nitrogens with zero attached hydrogens (tertiary/aromatic N) is 1. The summed E-state index contributed by atoms with van der Waals surface area (Å²) in [6.45, 7) is 0. The molecular weight excluding hydrogens is 161 g/mol. The van der Waals surface area contributed by atoms with Crippen molar-refractivity contribution in [3.05, 3.63) is 0 Å². The lowest BCUT2D eigenvalue weighted by Crippen LogP contribution is -2.13. The zero-order valence-electron chi connectivity index (χ0n) is 4.60. The molecule has 0 aromatic rings. The lowest BCUT2D eigenvalue weighted by Gasteiger charge is -2.06. The van der Waals surface area contributed by atoms with Crippen molar-refractivity contribution in [1.29, 1.82) is 5.26 Å². The molecule has 2 nitrogen and oxygen atoms in total. The standard InChI is InChI=1S/C5H5Cl2NO/c6-5(7,4-9)2-1-3-8/h4H,1-2H2. The molecule has 0 amide bonds. The van der Waals surface area contributed by atoms with Crippen LogP contribution in [0.1, 0.15) is 12.8 Å². The molecule has 0 fully saturated rings. The number of aldehydes is 1. The van der Waals surface area contributed by atoms with Crippen LogP contribution in [0, 0.1) is 11.3 Å². The summed E-state index contributed by atoms with van der Waals surface area (Å²) in [4.78, 5) is 9.96. The molecule has 0 saturated carbocycles. The van der Waals surface area contributed by atoms with Gasteiger partial charge in [0, 0.05) is 12.8 Å². The number of alkyl halides is 2. The second-order valence-corrected chi connectivity index (χ2v) is 3.08. The third kappa shape index (κ3) is 4.26. The van der Waals surface area contributed by atoms with Gasteiger partial charge in [0.15, 0.2) is 10.6 Å². The molecule has 0 N–H and O–H groups in total. The maximum atomic E-state index is 9.96. The summed E-state index contributed by atoms with van der Waals surface area (Å²) >= 11 is 10.7. The molecule has 0 aliphatic heterocycles. The van der Waals surface area contributed by atoms with Crippen LogP contribution in [0.5, 0.6) is 0 Å². The van der Waals surface area contributed by atoms with Crippen molar-refractivity contribution in [2.24, 2.45) is 0 Å². The minimum atomic E-state index is -1.37. The Labute approximate surface area is 63.4 Å². The van der Waals surface area contributed by atoms with Gasteiger partial charge in [-0.2, -0.15) is 5.26 Å². The van der Waals surface area contributed by atoms with E-state index in [-0.39, 0.29) is 12.8 Å². The predicted molar refractivity (Wildman–Crippen MR) is 35.3 cm³/mol. The molecular formula is C5H5Cl2NO. The first kappa shape index (κ1) is 8.74. The molecule has 0 aromatic heterocycles. The van der Waals surface area contributed by atoms with Gasteiger partial charge in [-0.1, -0.05) is 23.2 Å². The summed E-state index contributed by atoms with van der Waals surface area (Å²) in [6.07, 6.45) is 0.815. The average Bonchev–Trinajstić information content (AvgIpc) is 1.84. The quantitative estimate of drug-likeness (QED) is 0.472. The molecule has 0 aliphatic carbocycles. The third-order valence-electron chi connectivity index (χ3n) is 0.743. The Balaban J connectivity index is 3.61. The third-order valence-corrected chi connectivity index (χ3v) is 1.30. The highest BCUT2D eigenvalue weighted by Crippen LogP contribution is 2.23. The maximum Gasteiger partial charge on any atom is 0.173 e. The van der Waals surface area contributed by atoms with Gasteiger partial charge in [0.25, 0.3) is 0 Å². The summed E-state index contributed by atoms with van der Waals surface area (Å²) in [6, 6.07) is 1.83. The molecule has 0 aromatic carbocycles. The first-order valence-electron chi connectivity index (χ1n) is 2.33. The maximum absolute atomic E-state index is 9.96. The molecule has 0 spiro atoms. The minimum absolute atomic E-state index is 0.191. The number of carbonyl (C=O) groups excluding carboxylic acids is 1. The topological polar surface area (TPSA) is 40.9 Å². The number of hydrogen-bond acceptors (Lipinski definition) is 2. The first-order valence-corrected chi connectivity index (χ1v) is 3.09. The molecule has 0 aliphatic rings. The van der Waals surface area contributed by atoms with Crippen LogP contribution in [-0.2, 0) is 4.79 Å². The molecule has 0 unspecified atom stereocenters. The van der Waals surface area contributed by atoms with Crippen LogP contribution < -0.4 is 0 Å². The van der Waals surface area contributed by atoms with Gasteiger partial charge in [-0.15, -0.1) is 0 Å². The second kappa shape index (κ2) is 3.71. The number of hydrogen-bond donors (Lipinski definition) is 0. The van der Waals surface area contributed by atoms with E-state index in [4.69, 9.17) is 28.5 Å². The molecule has 0 heterocycles. The fourth-order valence-electron chi connectivity index (χ4n) is 0.281. The highest BCUT2D eigenvalue weighted by Gasteiger charge is 2.21. The molecule has 4 heteroatoms. The van der Waals surface area contributed by atoms with Crippen molar-refractivity contribution >= 4 is 29.5 Å². The van der Waals surface area contributed by atoms with Crippen LogP contribution in [0.4, 0.5) is 0 Å². The Hall–Kier alpha value is -0.260. The van der Waals surface area contributed by atoms with Gasteiger partial charge >= 0.3 is 0 Å². The van der Waals surface area contributed by atoms with Crippen molar-refractivity contribution in [3.63, 3.8) is 0 Å². The van der Waals surface area contributed by atoms with E-state index in [1.165, 1.54) is 0 Å². The second-order valence-electron chi connectivity index (χ2n) is 1.54. The van der Waals surface area contributed by atoms with Gasteiger partial charge in [0.1, 0.15) is 0 Å². The number of nitriles is 1. The largest absolute Gasteiger partial charge is 0.300 e. The predicted octanol–water partition coefficient (Wildman–Crippen LogP) is 1.66. The van der Waals surface area contributed by atoms with E-state index in [1.807, 2.05) is 6.07 Å². The van der Waals surface area contributed by atoms with Crippen LogP contribution in [0.25, 0.3) is 0 Å². The lowest BCUT2D eigenvalue weighted by atomic mass is 10.2. The van der Waals surface area contributed by atoms with Crippen LogP contribution in [0.3, 0.4) is 0 Å². The van der Waals surface area contributed by atoms with Crippen LogP contribution in [0.15, 0.2) is 0 Å². The Morgan fingerprint density at radius 2 is 2.22 bits per heavy atom. The summed E-state index contributed by atoms with van der Waals surface area (Å²) < 4.78 is -1.37. The minimum Gasteiger partial charge on any atom is -0.300 e. The molecule has 0 atom stereocenters. The lowest BCUT2D eigenvalue weighted by molar-refractivity contribution is -0.108. The van der Waals surface area contributed by atoms with Gasteiger partial charge in [0.05, 0.1) is 6.07 Å². The highest BCUT2D eigenvalue weighted by atomic mass is 35.5. The molecule has 50 valence electrons. The highest BCUT2D eigenvalue weighted by molar-refractivity contribution is 6.55. The van der Waals surface area contributed by atoms with Crippen molar-refractivity contribution in [2.75, 3.05) is 0 Å². The Morgan fingerprint density at radius 1 is 1.67 bits per heavy atom. The molecule has 0 saturated heterocycles. The van der Waals surface area contributed by atoms with E-state index in [1.54, 1.807) is 0 Å². The van der Waals surface area contributed by atoms with E-state index < -0.39 is 4.33 Å². The van der Waals surface area contributed by atoms with E-state index in [0.717, 1.165) is 0 Å². The zero-order chi connectivity index (χ0) is 7.33. The van der Waals surface area contributed by atoms with E-state index in [0.29, 0.717) is 6.29 Å². The number of carbonyl (C=O) groups is 1. The monoisotopic (exact) mass is 165 g/mol. The van der Waals surface area contributed by atoms with Gasteiger partial charge in [-0.25, -0.2) is 0 Å². The van der Waals surface area contributed by atoms with Crippen LogP contribution in [0.2, 0.25) is 0 Å². The average molecular weight is 166 g/mol. The Morgan fingerprint density at radius 3 is 2.56 bits per heavy atom. The van der Waals surface area contributed by atoms with E-state index in [9.17, 15) is 4.79 Å². The van der Waals surface area contributed by atoms with Gasteiger partial charge in [-0.05, 0) is 0 Å². The van der Waals surface area contributed by atoms with Crippen molar-refractivity contribution in [3.8, 4) is 6.07 Å². The number of halogens is 2. The van der Waals surface area contributed by atoms with Crippen LogP contribution in [-0.4, -0.2) is 10.6 Å². The molecule has 9 heavy (non-hydrogen) atoms. The summed E-state index contributed by atoms with van der Waals surface area (Å²) in [5, 5.41) is 8.04. The normalized spacial score (nSPS) is 10.3. The fraction of sp³-hybridized carbons (Fsp3) is 0.600. The van der Waals surface area contributed by atoms with Gasteiger partial charge < -0.3 is 4.79 Å². The van der Waals surface area contributed by atoms with E-state index >= 15 is 0 Å². The summed E-state index contributed by atoms with van der Waals surface area (Å²) in [7, 11) is 0. The smallest absolute Gasteiger partial charge is 0.173 e. The van der Waals surface area contributed by atoms with Crippen molar-refractivity contribution in [1.82, 2.24) is 0 Å². The van der Waals surface area contributed by atoms with Crippen molar-refractivity contribution in [2.45, 2.75) is 17.2 Å². The van der Waals surface area contributed by atoms with Gasteiger partial charge in [-0.3, -0.25) is 0 Å². The molecule has 0 radical (unpaired) electrons.